The number of hydrogen-bond acceptors (Lipinski definition) is 4. The molecule has 0 saturated carbocycles. The Kier molecular flexibility index (Phi) is 5.44. The van der Waals surface area contributed by atoms with E-state index in [2.05, 4.69) is 16.7 Å². The minimum atomic E-state index is -1.06. The van der Waals surface area contributed by atoms with Gasteiger partial charge in [0.05, 0.1) is 21.8 Å². The highest BCUT2D eigenvalue weighted by atomic mass is 35.5. The number of fused-ring (bicyclic) bond motifs is 3. The molecule has 6 nitrogen and oxygen atoms in total. The van der Waals surface area contributed by atoms with E-state index in [1.807, 2.05) is 0 Å². The minimum absolute atomic E-state index is 0.0629. The average Bonchev–Trinajstić information content (AvgIpc) is 2.71. The first kappa shape index (κ1) is 20.3. The fourth-order valence-corrected chi connectivity index (χ4v) is 4.38. The number of aromatic amines is 1. The summed E-state index contributed by atoms with van der Waals surface area (Å²) >= 11 is 7.63. The number of nitrogens with zero attached hydrogens (tertiary/aromatic N) is 3. The lowest BCUT2D eigenvalue weighted by atomic mass is 10.0. The maximum atomic E-state index is 15.0. The van der Waals surface area contributed by atoms with Crippen molar-refractivity contribution in [3.05, 3.63) is 81.9 Å². The minimum Gasteiger partial charge on any atom is -0.291 e. The number of carbonyl (C=O) groups is 1. The highest BCUT2D eigenvalue weighted by Crippen LogP contribution is 2.39. The molecule has 30 heavy (non-hydrogen) atoms. The molecule has 1 aliphatic heterocycles. The van der Waals surface area contributed by atoms with Gasteiger partial charge in [0.15, 0.2) is 0 Å². The molecule has 2 heterocycles. The zero-order chi connectivity index (χ0) is 21.4. The molecule has 2 aromatic carbocycles. The molecule has 1 atom stereocenters. The van der Waals surface area contributed by atoms with Gasteiger partial charge in [-0.3, -0.25) is 14.6 Å². The van der Waals surface area contributed by atoms with Gasteiger partial charge < -0.3 is 0 Å². The first-order valence-electron chi connectivity index (χ1n) is 9.07. The van der Waals surface area contributed by atoms with E-state index in [1.54, 1.807) is 36.4 Å². The summed E-state index contributed by atoms with van der Waals surface area (Å²) in [6, 6.07) is 11.2. The van der Waals surface area contributed by atoms with Crippen LogP contribution in [0.2, 0.25) is 5.02 Å². The fraction of sp³-hybridized carbons (Fsp3) is 0.143. The summed E-state index contributed by atoms with van der Waals surface area (Å²) in [6.45, 7) is 5.05. The molecule has 3 aromatic rings. The molecule has 0 saturated heterocycles. The van der Waals surface area contributed by atoms with Crippen LogP contribution in [0.3, 0.4) is 0 Å². The Morgan fingerprint density at radius 1 is 1.37 bits per heavy atom. The molecule has 1 N–H and O–H groups in total. The van der Waals surface area contributed by atoms with Gasteiger partial charge >= 0.3 is 11.3 Å². The Bertz CT molecular complexity index is 1210. The van der Waals surface area contributed by atoms with Crippen LogP contribution >= 0.6 is 23.4 Å². The number of rotatable bonds is 4. The number of anilines is 1. The van der Waals surface area contributed by atoms with E-state index >= 15 is 0 Å². The van der Waals surface area contributed by atoms with E-state index in [1.165, 1.54) is 40.4 Å². The molecular formula is C21H17ClFN4O2S+. The summed E-state index contributed by atoms with van der Waals surface area (Å²) in [5.74, 6) is -0.424. The Morgan fingerprint density at radius 3 is 2.83 bits per heavy atom. The van der Waals surface area contributed by atoms with E-state index in [0.717, 1.165) is 0 Å². The molecular weight excluding hydrogens is 427 g/mol. The van der Waals surface area contributed by atoms with Gasteiger partial charge in [-0.05, 0) is 28.9 Å². The van der Waals surface area contributed by atoms with E-state index in [0.29, 0.717) is 22.2 Å². The molecule has 0 fully saturated rings. The van der Waals surface area contributed by atoms with Crippen molar-refractivity contribution in [3.8, 4) is 11.3 Å². The topological polar surface area (TPSA) is 69.9 Å². The van der Waals surface area contributed by atoms with Crippen LogP contribution in [0.1, 0.15) is 18.7 Å². The van der Waals surface area contributed by atoms with Gasteiger partial charge in [-0.1, -0.05) is 47.6 Å². The standard InChI is InChI=1S/C21H16ClFN4O2S/c1-3-11-30-21-24-19(29)18-13-7-4-5-10-16(13)26(12(2)28)20(27(18)25-21)17-14(22)8-6-9-15(17)23/h3-10,20H,1,11H2,2H3/p+1. The second-order valence-corrected chi connectivity index (χ2v) is 7.98. The first-order chi connectivity index (χ1) is 14.4. The van der Waals surface area contributed by atoms with Crippen molar-refractivity contribution >= 4 is 35.0 Å². The van der Waals surface area contributed by atoms with Gasteiger partial charge in [-0.25, -0.2) is 9.29 Å². The summed E-state index contributed by atoms with van der Waals surface area (Å²) in [6.07, 6.45) is 0.614. The molecule has 1 aliphatic rings. The van der Waals surface area contributed by atoms with Crippen LogP contribution in [-0.4, -0.2) is 21.7 Å². The van der Waals surface area contributed by atoms with Crippen molar-refractivity contribution in [1.29, 1.82) is 0 Å². The van der Waals surface area contributed by atoms with E-state index in [4.69, 9.17) is 11.6 Å². The molecule has 0 bridgehead atoms. The molecule has 0 radical (unpaired) electrons. The maximum absolute atomic E-state index is 15.0. The number of carbonyl (C=O) groups excluding carboxylic acids is 1. The first-order valence-corrected chi connectivity index (χ1v) is 10.4. The number of H-pyrrole nitrogens is 1. The highest BCUT2D eigenvalue weighted by molar-refractivity contribution is 7.99. The van der Waals surface area contributed by atoms with E-state index < -0.39 is 17.5 Å². The Balaban J connectivity index is 2.09. The summed E-state index contributed by atoms with van der Waals surface area (Å²) in [5, 5.41) is 4.99. The number of benzene rings is 2. The van der Waals surface area contributed by atoms with Crippen LogP contribution < -0.4 is 15.1 Å². The van der Waals surface area contributed by atoms with Crippen molar-refractivity contribution in [3.63, 3.8) is 0 Å². The van der Waals surface area contributed by atoms with Gasteiger partial charge in [0, 0.05) is 17.8 Å². The molecule has 1 unspecified atom stereocenters. The normalized spacial score (nSPS) is 14.8. The van der Waals surface area contributed by atoms with Crippen LogP contribution in [0, 0.1) is 5.82 Å². The van der Waals surface area contributed by atoms with Crippen molar-refractivity contribution in [2.75, 3.05) is 10.7 Å². The lowest BCUT2D eigenvalue weighted by molar-refractivity contribution is -0.763. The average molecular weight is 444 g/mol. The van der Waals surface area contributed by atoms with Crippen molar-refractivity contribution in [2.24, 2.45) is 0 Å². The molecule has 9 heteroatoms. The van der Waals surface area contributed by atoms with E-state index in [-0.39, 0.29) is 22.2 Å². The third-order valence-corrected chi connectivity index (χ3v) is 5.88. The van der Waals surface area contributed by atoms with Crippen molar-refractivity contribution < 1.29 is 13.9 Å². The Labute approximate surface area is 181 Å². The number of halogens is 2. The van der Waals surface area contributed by atoms with Gasteiger partial charge in [0.2, 0.25) is 11.1 Å². The Morgan fingerprint density at radius 2 is 2.13 bits per heavy atom. The molecule has 0 spiro atoms. The molecule has 1 aromatic heterocycles. The largest absolute Gasteiger partial charge is 0.325 e. The maximum Gasteiger partial charge on any atom is 0.325 e. The SMILES string of the molecule is C=CCSc1n[n+]2c(c(=O)[nH]1)-c1ccccc1N(C(C)=O)C2c1c(F)cccc1Cl. The summed E-state index contributed by atoms with van der Waals surface area (Å²) < 4.78 is 16.4. The van der Waals surface area contributed by atoms with E-state index in [9.17, 15) is 14.0 Å². The van der Waals surface area contributed by atoms with Crippen LogP contribution in [0.4, 0.5) is 10.1 Å². The van der Waals surface area contributed by atoms with Crippen LogP contribution in [0.15, 0.2) is 65.1 Å². The summed E-state index contributed by atoms with van der Waals surface area (Å²) in [7, 11) is 0. The zero-order valence-corrected chi connectivity index (χ0v) is 17.5. The zero-order valence-electron chi connectivity index (χ0n) is 15.9. The molecule has 0 aliphatic carbocycles. The van der Waals surface area contributed by atoms with Crippen molar-refractivity contribution in [2.45, 2.75) is 18.2 Å². The van der Waals surface area contributed by atoms with Crippen molar-refractivity contribution in [1.82, 2.24) is 10.1 Å². The van der Waals surface area contributed by atoms with Crippen LogP contribution in [0.5, 0.6) is 0 Å². The third-order valence-electron chi connectivity index (χ3n) is 4.69. The quantitative estimate of drug-likeness (QED) is 0.379. The Hall–Kier alpha value is -2.97. The number of hydrogen-bond donors (Lipinski definition) is 1. The van der Waals surface area contributed by atoms with Crippen LogP contribution in [-0.2, 0) is 4.79 Å². The number of thioether (sulfide) groups is 1. The number of amides is 1. The fourth-order valence-electron chi connectivity index (χ4n) is 3.53. The lowest BCUT2D eigenvalue weighted by Crippen LogP contribution is -2.61. The van der Waals surface area contributed by atoms with Gasteiger partial charge in [0.25, 0.3) is 6.17 Å². The smallest absolute Gasteiger partial charge is 0.291 e. The summed E-state index contributed by atoms with van der Waals surface area (Å²) in [5.41, 5.74) is 0.881. The predicted molar refractivity (Wildman–Crippen MR) is 114 cm³/mol. The van der Waals surface area contributed by atoms with Gasteiger partial charge in [0.1, 0.15) is 5.82 Å². The monoisotopic (exact) mass is 443 g/mol. The second kappa shape index (κ2) is 8.04. The van der Waals surface area contributed by atoms with Crippen LogP contribution in [0.25, 0.3) is 11.3 Å². The van der Waals surface area contributed by atoms with Gasteiger partial charge in [-0.2, -0.15) is 0 Å². The number of aromatic nitrogens is 3. The number of para-hydroxylation sites is 1. The predicted octanol–water partition coefficient (Wildman–Crippen LogP) is 3.71. The molecule has 152 valence electrons. The molecule has 1 amide bonds. The van der Waals surface area contributed by atoms with Gasteiger partial charge in [-0.15, -0.1) is 6.58 Å². The second-order valence-electron chi connectivity index (χ2n) is 6.57. The number of nitrogens with one attached hydrogen (secondary N) is 1. The summed E-state index contributed by atoms with van der Waals surface area (Å²) in [4.78, 5) is 29.9. The molecule has 4 rings (SSSR count). The highest BCUT2D eigenvalue weighted by Gasteiger charge is 2.46. The third kappa shape index (κ3) is 3.32. The lowest BCUT2D eigenvalue weighted by Gasteiger charge is -2.31.